The third-order valence-electron chi connectivity index (χ3n) is 2.68. The average Bonchev–Trinajstić information content (AvgIpc) is 2.48. The Morgan fingerprint density at radius 2 is 1.60 bits per heavy atom. The van der Waals surface area contributed by atoms with Crippen LogP contribution in [0.4, 0.5) is 0 Å². The Hall–Kier alpha value is -2.68. The van der Waals surface area contributed by atoms with Crippen molar-refractivity contribution in [3.63, 3.8) is 0 Å². The molecule has 0 aromatic heterocycles. The minimum absolute atomic E-state index is 0.172. The average molecular weight is 266 g/mol. The van der Waals surface area contributed by atoms with E-state index in [0.29, 0.717) is 11.1 Å². The second-order valence-corrected chi connectivity index (χ2v) is 4.11. The highest BCUT2D eigenvalue weighted by atomic mass is 16.5. The third kappa shape index (κ3) is 3.20. The Labute approximate surface area is 117 Å². The maximum absolute atomic E-state index is 12.4. The Morgan fingerprint density at radius 1 is 0.950 bits per heavy atom. The number of ketones is 1. The molecule has 0 radical (unpaired) electrons. The fourth-order valence-corrected chi connectivity index (χ4v) is 1.77. The van der Waals surface area contributed by atoms with Crippen molar-refractivity contribution in [1.82, 2.24) is 0 Å². The summed E-state index contributed by atoms with van der Waals surface area (Å²) in [6.45, 7) is 1.72. The van der Waals surface area contributed by atoms with E-state index in [2.05, 4.69) is 0 Å². The number of ether oxygens (including phenoxy) is 1. The van der Waals surface area contributed by atoms with Crippen LogP contribution in [-0.2, 0) is 4.79 Å². The summed E-state index contributed by atoms with van der Waals surface area (Å²) in [6.07, 6.45) is 2.90. The molecule has 0 atom stereocenters. The van der Waals surface area contributed by atoms with Gasteiger partial charge in [-0.1, -0.05) is 48.5 Å². The van der Waals surface area contributed by atoms with E-state index in [9.17, 15) is 9.59 Å². The second kappa shape index (κ2) is 6.48. The maximum atomic E-state index is 12.4. The lowest BCUT2D eigenvalue weighted by Crippen LogP contribution is -2.09. The highest BCUT2D eigenvalue weighted by molar-refractivity contribution is 6.11. The molecule has 2 rings (SSSR count). The minimum Gasteiger partial charge on any atom is -0.423 e. The van der Waals surface area contributed by atoms with Crippen LogP contribution in [0.1, 0.15) is 22.8 Å². The van der Waals surface area contributed by atoms with Gasteiger partial charge >= 0.3 is 5.97 Å². The fraction of sp³-hybridized carbons (Fsp3) is 0.0588. The predicted octanol–water partition coefficient (Wildman–Crippen LogP) is 3.40. The third-order valence-corrected chi connectivity index (χ3v) is 2.68. The molecular formula is C17H14O3. The number of para-hydroxylation sites is 1. The molecule has 0 fully saturated rings. The molecule has 0 aliphatic carbocycles. The van der Waals surface area contributed by atoms with Gasteiger partial charge in [0.1, 0.15) is 5.75 Å². The van der Waals surface area contributed by atoms with Crippen LogP contribution in [0.5, 0.6) is 5.75 Å². The first kappa shape index (κ1) is 13.7. The van der Waals surface area contributed by atoms with Gasteiger partial charge in [0.05, 0.1) is 5.56 Å². The van der Waals surface area contributed by atoms with Crippen LogP contribution in [0.3, 0.4) is 0 Å². The molecule has 0 spiro atoms. The molecule has 0 aliphatic rings. The fourth-order valence-electron chi connectivity index (χ4n) is 1.77. The number of rotatable bonds is 4. The smallest absolute Gasteiger partial charge is 0.335 e. The molecule has 0 aliphatic heterocycles. The van der Waals surface area contributed by atoms with E-state index in [1.165, 1.54) is 6.08 Å². The Morgan fingerprint density at radius 3 is 2.30 bits per heavy atom. The van der Waals surface area contributed by atoms with Crippen LogP contribution >= 0.6 is 0 Å². The molecule has 0 saturated heterocycles. The number of hydrogen-bond acceptors (Lipinski definition) is 3. The van der Waals surface area contributed by atoms with Gasteiger partial charge in [0.15, 0.2) is 5.78 Å². The first-order chi connectivity index (χ1) is 9.72. The van der Waals surface area contributed by atoms with E-state index in [1.807, 2.05) is 6.07 Å². The van der Waals surface area contributed by atoms with Gasteiger partial charge in [0.2, 0.25) is 0 Å². The van der Waals surface area contributed by atoms with Crippen molar-refractivity contribution < 1.29 is 14.3 Å². The zero-order valence-electron chi connectivity index (χ0n) is 11.1. The number of allylic oxidation sites excluding steroid dienone is 1. The lowest BCUT2D eigenvalue weighted by atomic mass is 10.0. The molecule has 2 aromatic rings. The van der Waals surface area contributed by atoms with Gasteiger partial charge in [-0.15, -0.1) is 0 Å². The standard InChI is InChI=1S/C17H14O3/c1-2-8-16(18)20-15-12-7-6-11-14(15)17(19)13-9-4-3-5-10-13/h2-12H,1H3. The van der Waals surface area contributed by atoms with Crippen LogP contribution in [0.25, 0.3) is 0 Å². The molecule has 3 heteroatoms. The molecule has 0 bridgehead atoms. The van der Waals surface area contributed by atoms with Gasteiger partial charge in [0.25, 0.3) is 0 Å². The summed E-state index contributed by atoms with van der Waals surface area (Å²) in [5, 5.41) is 0. The van der Waals surface area contributed by atoms with E-state index in [0.717, 1.165) is 0 Å². The van der Waals surface area contributed by atoms with E-state index in [1.54, 1.807) is 61.5 Å². The van der Waals surface area contributed by atoms with Crippen molar-refractivity contribution in [3.05, 3.63) is 77.9 Å². The summed E-state index contributed by atoms with van der Waals surface area (Å²) in [6, 6.07) is 15.6. The maximum Gasteiger partial charge on any atom is 0.335 e. The van der Waals surface area contributed by atoms with Gasteiger partial charge in [-0.05, 0) is 19.1 Å². The Bertz CT molecular complexity index is 642. The molecule has 3 nitrogen and oxygen atoms in total. The normalized spacial score (nSPS) is 10.4. The van der Waals surface area contributed by atoms with Crippen molar-refractivity contribution in [3.8, 4) is 5.75 Å². The SMILES string of the molecule is CC=CC(=O)Oc1ccccc1C(=O)c1ccccc1. The summed E-state index contributed by atoms with van der Waals surface area (Å²) in [5.74, 6) is -0.403. The molecule has 20 heavy (non-hydrogen) atoms. The highest BCUT2D eigenvalue weighted by Crippen LogP contribution is 2.21. The summed E-state index contributed by atoms with van der Waals surface area (Å²) >= 11 is 0. The quantitative estimate of drug-likeness (QED) is 0.369. The molecule has 0 amide bonds. The molecule has 0 N–H and O–H groups in total. The molecular weight excluding hydrogens is 252 g/mol. The number of esters is 1. The van der Waals surface area contributed by atoms with Gasteiger partial charge < -0.3 is 4.74 Å². The van der Waals surface area contributed by atoms with Gasteiger partial charge in [-0.2, -0.15) is 0 Å². The first-order valence-electron chi connectivity index (χ1n) is 6.25. The largest absolute Gasteiger partial charge is 0.423 e. The summed E-state index contributed by atoms with van der Waals surface area (Å²) in [4.78, 5) is 23.9. The topological polar surface area (TPSA) is 43.4 Å². The van der Waals surface area contributed by atoms with Gasteiger partial charge in [-0.25, -0.2) is 4.79 Å². The number of carbonyl (C=O) groups is 2. The van der Waals surface area contributed by atoms with E-state index in [4.69, 9.17) is 4.74 Å². The predicted molar refractivity (Wildman–Crippen MR) is 76.8 cm³/mol. The number of hydrogen-bond donors (Lipinski definition) is 0. The van der Waals surface area contributed by atoms with Crippen molar-refractivity contribution in [1.29, 1.82) is 0 Å². The Balaban J connectivity index is 2.33. The van der Waals surface area contributed by atoms with Crippen LogP contribution in [0, 0.1) is 0 Å². The van der Waals surface area contributed by atoms with Crippen LogP contribution in [0.2, 0.25) is 0 Å². The summed E-state index contributed by atoms with van der Waals surface area (Å²) in [5.41, 5.74) is 0.929. The second-order valence-electron chi connectivity index (χ2n) is 4.11. The van der Waals surface area contributed by atoms with E-state index >= 15 is 0 Å². The van der Waals surface area contributed by atoms with E-state index < -0.39 is 5.97 Å². The van der Waals surface area contributed by atoms with Crippen molar-refractivity contribution in [2.75, 3.05) is 0 Å². The Kier molecular flexibility index (Phi) is 4.45. The first-order valence-corrected chi connectivity index (χ1v) is 6.25. The van der Waals surface area contributed by atoms with Crippen LogP contribution < -0.4 is 4.74 Å². The summed E-state index contributed by atoms with van der Waals surface area (Å²) in [7, 11) is 0. The lowest BCUT2D eigenvalue weighted by Gasteiger charge is -2.08. The molecule has 2 aromatic carbocycles. The summed E-state index contributed by atoms with van der Waals surface area (Å²) < 4.78 is 5.18. The molecule has 0 saturated carbocycles. The van der Waals surface area contributed by atoms with Crippen LogP contribution in [0.15, 0.2) is 66.7 Å². The van der Waals surface area contributed by atoms with Crippen LogP contribution in [-0.4, -0.2) is 11.8 Å². The monoisotopic (exact) mass is 266 g/mol. The van der Waals surface area contributed by atoms with Crippen molar-refractivity contribution in [2.24, 2.45) is 0 Å². The highest BCUT2D eigenvalue weighted by Gasteiger charge is 2.15. The van der Waals surface area contributed by atoms with Crippen molar-refractivity contribution in [2.45, 2.75) is 6.92 Å². The zero-order chi connectivity index (χ0) is 14.4. The van der Waals surface area contributed by atoms with Crippen molar-refractivity contribution >= 4 is 11.8 Å². The molecule has 0 heterocycles. The molecule has 100 valence electrons. The van der Waals surface area contributed by atoms with Gasteiger partial charge in [0, 0.05) is 11.6 Å². The van der Waals surface area contributed by atoms with E-state index in [-0.39, 0.29) is 11.5 Å². The lowest BCUT2D eigenvalue weighted by molar-refractivity contribution is -0.129. The number of benzene rings is 2. The number of carbonyl (C=O) groups excluding carboxylic acids is 2. The molecule has 0 unspecified atom stereocenters. The minimum atomic E-state index is -0.499. The zero-order valence-corrected chi connectivity index (χ0v) is 11.1. The van der Waals surface area contributed by atoms with Gasteiger partial charge in [-0.3, -0.25) is 4.79 Å².